The quantitative estimate of drug-likeness (QED) is 0.775. The molecule has 1 aromatic carbocycles. The molecular formula is C15H15NO2. The van der Waals surface area contributed by atoms with Crippen molar-refractivity contribution in [3.05, 3.63) is 58.8 Å². The van der Waals surface area contributed by atoms with Crippen molar-refractivity contribution in [1.29, 1.82) is 0 Å². The van der Waals surface area contributed by atoms with Crippen molar-refractivity contribution in [1.82, 2.24) is 4.98 Å². The van der Waals surface area contributed by atoms with E-state index in [1.807, 2.05) is 32.0 Å². The van der Waals surface area contributed by atoms with Crippen molar-refractivity contribution in [2.45, 2.75) is 13.8 Å². The van der Waals surface area contributed by atoms with Crippen LogP contribution in [0.1, 0.15) is 27.2 Å². The molecule has 2 aromatic rings. The van der Waals surface area contributed by atoms with E-state index in [1.165, 1.54) is 7.11 Å². The van der Waals surface area contributed by atoms with Crippen molar-refractivity contribution in [3.8, 4) is 5.88 Å². The summed E-state index contributed by atoms with van der Waals surface area (Å²) in [6.45, 7) is 3.89. The molecule has 0 saturated heterocycles. The van der Waals surface area contributed by atoms with Crippen molar-refractivity contribution < 1.29 is 9.53 Å². The lowest BCUT2D eigenvalue weighted by molar-refractivity contribution is 0.103. The Morgan fingerprint density at radius 2 is 1.94 bits per heavy atom. The van der Waals surface area contributed by atoms with Crippen molar-refractivity contribution in [2.75, 3.05) is 7.11 Å². The van der Waals surface area contributed by atoms with Crippen LogP contribution in [-0.4, -0.2) is 17.9 Å². The normalized spacial score (nSPS) is 10.2. The maximum Gasteiger partial charge on any atom is 0.213 e. The second kappa shape index (κ2) is 5.00. The van der Waals surface area contributed by atoms with Gasteiger partial charge in [-0.3, -0.25) is 4.79 Å². The highest BCUT2D eigenvalue weighted by Crippen LogP contribution is 2.16. The average molecular weight is 241 g/mol. The van der Waals surface area contributed by atoms with Gasteiger partial charge in [0.15, 0.2) is 0 Å². The van der Waals surface area contributed by atoms with Gasteiger partial charge in [0, 0.05) is 11.6 Å². The Labute approximate surface area is 106 Å². The zero-order chi connectivity index (χ0) is 13.1. The van der Waals surface area contributed by atoms with Crippen LogP contribution in [0, 0.1) is 13.8 Å². The molecule has 0 aliphatic rings. The van der Waals surface area contributed by atoms with Gasteiger partial charge in [0.2, 0.25) is 11.7 Å². The highest BCUT2D eigenvalue weighted by Gasteiger charge is 2.13. The average Bonchev–Trinajstić information content (AvgIpc) is 2.41. The Hall–Kier alpha value is -2.16. The van der Waals surface area contributed by atoms with Crippen LogP contribution in [0.25, 0.3) is 0 Å². The fourth-order valence-corrected chi connectivity index (χ4v) is 1.77. The molecule has 1 aromatic heterocycles. The minimum atomic E-state index is -0.0740. The number of hydrogen-bond acceptors (Lipinski definition) is 3. The molecule has 2 rings (SSSR count). The predicted molar refractivity (Wildman–Crippen MR) is 70.1 cm³/mol. The maximum absolute atomic E-state index is 12.4. The molecule has 3 nitrogen and oxygen atoms in total. The van der Waals surface area contributed by atoms with Crippen molar-refractivity contribution in [2.24, 2.45) is 0 Å². The van der Waals surface area contributed by atoms with Gasteiger partial charge in [-0.25, -0.2) is 4.98 Å². The van der Waals surface area contributed by atoms with Gasteiger partial charge in [0.25, 0.3) is 0 Å². The second-order valence-electron chi connectivity index (χ2n) is 4.21. The van der Waals surface area contributed by atoms with E-state index in [1.54, 1.807) is 18.2 Å². The summed E-state index contributed by atoms with van der Waals surface area (Å²) in [6, 6.07) is 11.0. The minimum Gasteiger partial charge on any atom is -0.481 e. The van der Waals surface area contributed by atoms with Gasteiger partial charge in [0.1, 0.15) is 5.69 Å². The molecule has 0 amide bonds. The summed E-state index contributed by atoms with van der Waals surface area (Å²) < 4.78 is 5.03. The molecule has 0 aliphatic carbocycles. The van der Waals surface area contributed by atoms with Crippen LogP contribution in [0.2, 0.25) is 0 Å². The number of carbonyl (C=O) groups is 1. The molecular weight excluding hydrogens is 226 g/mol. The number of methoxy groups -OCH3 is 1. The molecule has 0 radical (unpaired) electrons. The third-order valence-electron chi connectivity index (χ3n) is 2.80. The zero-order valence-corrected chi connectivity index (χ0v) is 10.7. The lowest BCUT2D eigenvalue weighted by Gasteiger charge is -2.06. The molecule has 3 heteroatoms. The number of aromatic nitrogens is 1. The SMILES string of the molecule is COc1cccc(C(=O)c2cc(C)ccc2C)n1. The second-order valence-corrected chi connectivity index (χ2v) is 4.21. The summed E-state index contributed by atoms with van der Waals surface area (Å²) in [4.78, 5) is 16.5. The third kappa shape index (κ3) is 2.40. The van der Waals surface area contributed by atoms with E-state index < -0.39 is 0 Å². The largest absolute Gasteiger partial charge is 0.481 e. The number of hydrogen-bond donors (Lipinski definition) is 0. The van der Waals surface area contributed by atoms with Crippen LogP contribution >= 0.6 is 0 Å². The van der Waals surface area contributed by atoms with Crippen LogP contribution < -0.4 is 4.74 Å². The third-order valence-corrected chi connectivity index (χ3v) is 2.80. The molecule has 0 aliphatic heterocycles. The molecule has 0 fully saturated rings. The zero-order valence-electron chi connectivity index (χ0n) is 10.7. The Kier molecular flexibility index (Phi) is 3.42. The minimum absolute atomic E-state index is 0.0740. The molecule has 0 spiro atoms. The fourth-order valence-electron chi connectivity index (χ4n) is 1.77. The van der Waals surface area contributed by atoms with Gasteiger partial charge in [-0.15, -0.1) is 0 Å². The van der Waals surface area contributed by atoms with Gasteiger partial charge in [-0.05, 0) is 31.5 Å². The smallest absolute Gasteiger partial charge is 0.213 e. The standard InChI is InChI=1S/C15H15NO2/c1-10-7-8-11(2)12(9-10)15(17)13-5-4-6-14(16-13)18-3/h4-9H,1-3H3. The molecule has 92 valence electrons. The number of aryl methyl sites for hydroxylation is 2. The Balaban J connectivity index is 2.44. The molecule has 18 heavy (non-hydrogen) atoms. The monoisotopic (exact) mass is 241 g/mol. The number of rotatable bonds is 3. The van der Waals surface area contributed by atoms with E-state index in [-0.39, 0.29) is 5.78 Å². The highest BCUT2D eigenvalue weighted by molar-refractivity contribution is 6.08. The van der Waals surface area contributed by atoms with E-state index >= 15 is 0 Å². The van der Waals surface area contributed by atoms with E-state index in [9.17, 15) is 4.79 Å². The molecule has 0 unspecified atom stereocenters. The lowest BCUT2D eigenvalue weighted by Crippen LogP contribution is -2.07. The van der Waals surface area contributed by atoms with Gasteiger partial charge in [0.05, 0.1) is 7.11 Å². The highest BCUT2D eigenvalue weighted by atomic mass is 16.5. The summed E-state index contributed by atoms with van der Waals surface area (Å²) in [5.41, 5.74) is 3.11. The number of ketones is 1. The Morgan fingerprint density at radius 1 is 1.17 bits per heavy atom. The first-order valence-electron chi connectivity index (χ1n) is 5.75. The summed E-state index contributed by atoms with van der Waals surface area (Å²) in [5.74, 6) is 0.376. The van der Waals surface area contributed by atoms with E-state index in [2.05, 4.69) is 4.98 Å². The van der Waals surface area contributed by atoms with Crippen molar-refractivity contribution >= 4 is 5.78 Å². The maximum atomic E-state index is 12.4. The topological polar surface area (TPSA) is 39.2 Å². The predicted octanol–water partition coefficient (Wildman–Crippen LogP) is 2.94. The van der Waals surface area contributed by atoms with Crippen LogP contribution in [0.5, 0.6) is 5.88 Å². The first-order valence-corrected chi connectivity index (χ1v) is 5.75. The van der Waals surface area contributed by atoms with Crippen LogP contribution in [0.15, 0.2) is 36.4 Å². The van der Waals surface area contributed by atoms with Gasteiger partial charge in [-0.1, -0.05) is 23.8 Å². The summed E-state index contributed by atoms with van der Waals surface area (Å²) in [6.07, 6.45) is 0. The molecule has 0 N–H and O–H groups in total. The summed E-state index contributed by atoms with van der Waals surface area (Å²) >= 11 is 0. The lowest BCUT2D eigenvalue weighted by atomic mass is 10.00. The van der Waals surface area contributed by atoms with E-state index in [4.69, 9.17) is 4.74 Å². The van der Waals surface area contributed by atoms with Gasteiger partial charge < -0.3 is 4.74 Å². The molecule has 0 bridgehead atoms. The number of pyridine rings is 1. The molecule has 1 heterocycles. The molecule has 0 atom stereocenters. The fraction of sp³-hybridized carbons (Fsp3) is 0.200. The number of nitrogens with zero attached hydrogens (tertiary/aromatic N) is 1. The number of benzene rings is 1. The molecule has 0 saturated carbocycles. The van der Waals surface area contributed by atoms with E-state index in [0.717, 1.165) is 11.1 Å². The summed E-state index contributed by atoms with van der Waals surface area (Å²) in [5, 5.41) is 0. The van der Waals surface area contributed by atoms with Crippen LogP contribution in [0.3, 0.4) is 0 Å². The Bertz CT molecular complexity index is 591. The van der Waals surface area contributed by atoms with Crippen LogP contribution in [0.4, 0.5) is 0 Å². The Morgan fingerprint density at radius 3 is 2.67 bits per heavy atom. The summed E-state index contributed by atoms with van der Waals surface area (Å²) in [7, 11) is 1.54. The first kappa shape index (κ1) is 12.3. The van der Waals surface area contributed by atoms with Crippen LogP contribution in [-0.2, 0) is 0 Å². The number of carbonyl (C=O) groups excluding carboxylic acids is 1. The van der Waals surface area contributed by atoms with Gasteiger partial charge >= 0.3 is 0 Å². The number of ether oxygens (including phenoxy) is 1. The van der Waals surface area contributed by atoms with Gasteiger partial charge in [-0.2, -0.15) is 0 Å². The van der Waals surface area contributed by atoms with Crippen molar-refractivity contribution in [3.63, 3.8) is 0 Å². The van der Waals surface area contributed by atoms with E-state index in [0.29, 0.717) is 17.1 Å². The first-order chi connectivity index (χ1) is 8.61.